The summed E-state index contributed by atoms with van der Waals surface area (Å²) >= 11 is 1.30. The van der Waals surface area contributed by atoms with Gasteiger partial charge in [-0.3, -0.25) is 9.48 Å². The van der Waals surface area contributed by atoms with Crippen molar-refractivity contribution < 1.29 is 9.90 Å². The molecule has 0 aromatic carbocycles. The van der Waals surface area contributed by atoms with E-state index in [2.05, 4.69) is 28.5 Å². The second-order valence-electron chi connectivity index (χ2n) is 5.76. The summed E-state index contributed by atoms with van der Waals surface area (Å²) in [4.78, 5) is 15.5. The lowest BCUT2D eigenvalue weighted by molar-refractivity contribution is -0.133. The van der Waals surface area contributed by atoms with Crippen molar-refractivity contribution in [3.63, 3.8) is 0 Å². The lowest BCUT2D eigenvalue weighted by Gasteiger charge is -2.08. The molecular formula is C14H20N4O2S. The number of fused-ring (bicyclic) bond motifs is 1. The van der Waals surface area contributed by atoms with Gasteiger partial charge in [0.25, 0.3) is 0 Å². The van der Waals surface area contributed by atoms with Gasteiger partial charge in [-0.05, 0) is 24.7 Å². The number of carboxylic acids is 1. The summed E-state index contributed by atoms with van der Waals surface area (Å²) in [5.41, 5.74) is 2.91. The molecule has 114 valence electrons. The number of imidazole rings is 1. The number of aromatic nitrogens is 4. The molecule has 2 heterocycles. The van der Waals surface area contributed by atoms with E-state index in [1.807, 2.05) is 11.7 Å². The van der Waals surface area contributed by atoms with Crippen LogP contribution in [0.25, 0.3) is 11.2 Å². The lowest BCUT2D eigenvalue weighted by atomic mass is 10.3. The maximum atomic E-state index is 10.8. The van der Waals surface area contributed by atoms with E-state index in [9.17, 15) is 4.79 Å². The van der Waals surface area contributed by atoms with Crippen molar-refractivity contribution in [1.29, 1.82) is 0 Å². The van der Waals surface area contributed by atoms with E-state index in [0.29, 0.717) is 5.92 Å². The molecule has 0 amide bonds. The molecule has 3 rings (SSSR count). The molecule has 1 N–H and O–H groups in total. The van der Waals surface area contributed by atoms with Crippen molar-refractivity contribution in [2.75, 3.05) is 5.75 Å². The summed E-state index contributed by atoms with van der Waals surface area (Å²) in [6.07, 6.45) is 2.07. The van der Waals surface area contributed by atoms with Gasteiger partial charge in [0.1, 0.15) is 5.52 Å². The van der Waals surface area contributed by atoms with Gasteiger partial charge in [-0.2, -0.15) is 5.10 Å². The van der Waals surface area contributed by atoms with Crippen molar-refractivity contribution in [3.05, 3.63) is 5.69 Å². The monoisotopic (exact) mass is 308 g/mol. The van der Waals surface area contributed by atoms with E-state index < -0.39 is 5.97 Å². The first-order valence-electron chi connectivity index (χ1n) is 7.28. The van der Waals surface area contributed by atoms with Gasteiger partial charge in [-0.25, -0.2) is 4.98 Å². The number of hydrogen-bond donors (Lipinski definition) is 1. The fourth-order valence-electron chi connectivity index (χ4n) is 2.75. The third-order valence-electron chi connectivity index (χ3n) is 4.11. The number of carboxylic acid groups (broad SMARTS) is 1. The molecule has 2 atom stereocenters. The van der Waals surface area contributed by atoms with E-state index in [0.717, 1.165) is 40.9 Å². The van der Waals surface area contributed by atoms with E-state index in [1.165, 1.54) is 18.2 Å². The van der Waals surface area contributed by atoms with Gasteiger partial charge in [0.15, 0.2) is 10.8 Å². The minimum absolute atomic E-state index is 0.0401. The van der Waals surface area contributed by atoms with Gasteiger partial charge in [-0.1, -0.05) is 25.6 Å². The highest BCUT2D eigenvalue weighted by Gasteiger charge is 2.34. The molecular weight excluding hydrogens is 288 g/mol. The van der Waals surface area contributed by atoms with Crippen LogP contribution >= 0.6 is 11.8 Å². The van der Waals surface area contributed by atoms with Crippen LogP contribution in [0.15, 0.2) is 5.16 Å². The van der Waals surface area contributed by atoms with Crippen LogP contribution in [0.2, 0.25) is 0 Å². The standard InChI is InChI=1S/C14H20N4O2S/c1-4-10-12-13(17(3)16-10)18(6-9-5-8(9)2)14(15-12)21-7-11(19)20/h8-9H,4-7H2,1-3H3,(H,19,20). The van der Waals surface area contributed by atoms with E-state index in [-0.39, 0.29) is 5.75 Å². The molecule has 1 aliphatic rings. The Labute approximate surface area is 127 Å². The summed E-state index contributed by atoms with van der Waals surface area (Å²) in [5, 5.41) is 14.2. The van der Waals surface area contributed by atoms with Gasteiger partial charge >= 0.3 is 5.97 Å². The largest absolute Gasteiger partial charge is 0.481 e. The fraction of sp³-hybridized carbons (Fsp3) is 0.643. The Balaban J connectivity index is 2.02. The van der Waals surface area contributed by atoms with E-state index in [1.54, 1.807) is 0 Å². The van der Waals surface area contributed by atoms with E-state index >= 15 is 0 Å². The highest BCUT2D eigenvalue weighted by molar-refractivity contribution is 7.99. The van der Waals surface area contributed by atoms with Crippen LogP contribution in [-0.2, 0) is 24.8 Å². The highest BCUT2D eigenvalue weighted by Crippen LogP contribution is 2.40. The number of carbonyl (C=O) groups is 1. The number of thioether (sulfide) groups is 1. The Morgan fingerprint density at radius 1 is 1.52 bits per heavy atom. The molecule has 2 unspecified atom stereocenters. The van der Waals surface area contributed by atoms with Crippen LogP contribution in [0, 0.1) is 11.8 Å². The third kappa shape index (κ3) is 2.66. The zero-order valence-corrected chi connectivity index (χ0v) is 13.4. The Hall–Kier alpha value is -1.50. The minimum Gasteiger partial charge on any atom is -0.481 e. The molecule has 1 aliphatic carbocycles. The zero-order valence-electron chi connectivity index (χ0n) is 12.5. The average Bonchev–Trinajstić information content (AvgIpc) is 2.88. The van der Waals surface area contributed by atoms with Crippen LogP contribution in [-0.4, -0.2) is 36.2 Å². The third-order valence-corrected chi connectivity index (χ3v) is 5.07. The average molecular weight is 308 g/mol. The van der Waals surface area contributed by atoms with Crippen molar-refractivity contribution in [3.8, 4) is 0 Å². The smallest absolute Gasteiger partial charge is 0.313 e. The second-order valence-corrected chi connectivity index (χ2v) is 6.70. The fourth-order valence-corrected chi connectivity index (χ4v) is 3.47. The van der Waals surface area contributed by atoms with Crippen LogP contribution in [0.5, 0.6) is 0 Å². The molecule has 21 heavy (non-hydrogen) atoms. The van der Waals surface area contributed by atoms with Crippen molar-refractivity contribution >= 4 is 28.9 Å². The van der Waals surface area contributed by atoms with Crippen LogP contribution < -0.4 is 0 Å². The number of hydrogen-bond acceptors (Lipinski definition) is 4. The van der Waals surface area contributed by atoms with E-state index in [4.69, 9.17) is 5.11 Å². The summed E-state index contributed by atoms with van der Waals surface area (Å²) < 4.78 is 4.03. The Morgan fingerprint density at radius 3 is 2.81 bits per heavy atom. The first-order chi connectivity index (χ1) is 10.0. The van der Waals surface area contributed by atoms with Gasteiger partial charge in [-0.15, -0.1) is 0 Å². The number of aryl methyl sites for hydroxylation is 2. The molecule has 1 fully saturated rings. The summed E-state index contributed by atoms with van der Waals surface area (Å²) in [6.45, 7) is 5.22. The van der Waals surface area contributed by atoms with Crippen molar-refractivity contribution in [2.24, 2.45) is 18.9 Å². The zero-order chi connectivity index (χ0) is 15.1. The lowest BCUT2D eigenvalue weighted by Crippen LogP contribution is -2.08. The molecule has 2 aromatic heterocycles. The quantitative estimate of drug-likeness (QED) is 0.828. The molecule has 0 saturated heterocycles. The second kappa shape index (κ2) is 5.36. The molecule has 2 aromatic rings. The van der Waals surface area contributed by atoms with Gasteiger partial charge in [0.2, 0.25) is 0 Å². The Kier molecular flexibility index (Phi) is 3.69. The van der Waals surface area contributed by atoms with Crippen LogP contribution in [0.1, 0.15) is 26.0 Å². The summed E-state index contributed by atoms with van der Waals surface area (Å²) in [5.74, 6) is 0.649. The first-order valence-corrected chi connectivity index (χ1v) is 8.26. The van der Waals surface area contributed by atoms with Crippen molar-refractivity contribution in [1.82, 2.24) is 19.3 Å². The number of nitrogens with zero attached hydrogens (tertiary/aromatic N) is 4. The normalized spacial score (nSPS) is 21.1. The van der Waals surface area contributed by atoms with Crippen LogP contribution in [0.4, 0.5) is 0 Å². The SMILES string of the molecule is CCc1nn(C)c2c1nc(SCC(=O)O)n2CC1CC1C. The molecule has 1 saturated carbocycles. The predicted octanol–water partition coefficient (Wildman–Crippen LogP) is 2.16. The highest BCUT2D eigenvalue weighted by atomic mass is 32.2. The first kappa shape index (κ1) is 14.4. The number of rotatable bonds is 6. The summed E-state index contributed by atoms with van der Waals surface area (Å²) in [6, 6.07) is 0. The van der Waals surface area contributed by atoms with Gasteiger partial charge < -0.3 is 9.67 Å². The van der Waals surface area contributed by atoms with Gasteiger partial charge in [0, 0.05) is 13.6 Å². The molecule has 0 bridgehead atoms. The maximum Gasteiger partial charge on any atom is 0.313 e. The molecule has 0 spiro atoms. The Bertz CT molecular complexity index is 691. The molecule has 6 nitrogen and oxygen atoms in total. The topological polar surface area (TPSA) is 72.9 Å². The molecule has 0 radical (unpaired) electrons. The molecule has 7 heteroatoms. The molecule has 0 aliphatic heterocycles. The number of aliphatic carboxylic acids is 1. The van der Waals surface area contributed by atoms with Gasteiger partial charge in [0.05, 0.1) is 11.4 Å². The Morgan fingerprint density at radius 2 is 2.24 bits per heavy atom. The summed E-state index contributed by atoms with van der Waals surface area (Å²) in [7, 11) is 1.93. The minimum atomic E-state index is -0.813. The van der Waals surface area contributed by atoms with Crippen molar-refractivity contribution in [2.45, 2.75) is 38.4 Å². The maximum absolute atomic E-state index is 10.8. The van der Waals surface area contributed by atoms with Crippen LogP contribution in [0.3, 0.4) is 0 Å². The predicted molar refractivity (Wildman–Crippen MR) is 81.5 cm³/mol.